The number of nitrogens with one attached hydrogen (secondary N) is 1. The third kappa shape index (κ3) is 6.62. The predicted octanol–water partition coefficient (Wildman–Crippen LogP) is 3.19. The second-order valence-corrected chi connectivity index (χ2v) is 5.30. The van der Waals surface area contributed by atoms with Crippen LogP contribution in [0.15, 0.2) is 54.6 Å². The Bertz CT molecular complexity index is 828. The molecule has 0 bridgehead atoms. The van der Waals surface area contributed by atoms with Gasteiger partial charge in [-0.2, -0.15) is 0 Å². The number of amides is 1. The van der Waals surface area contributed by atoms with Gasteiger partial charge in [-0.05, 0) is 55.0 Å². The first-order valence-electron chi connectivity index (χ1n) is 8.10. The summed E-state index contributed by atoms with van der Waals surface area (Å²) < 4.78 is 10.2. The molecule has 2 rings (SSSR count). The van der Waals surface area contributed by atoms with Crippen LogP contribution in [0, 0.1) is 10.1 Å². The molecule has 0 fully saturated rings. The Kier molecular flexibility index (Phi) is 7.07. The lowest BCUT2D eigenvalue weighted by molar-refractivity contribution is -0.384. The predicted molar refractivity (Wildman–Crippen MR) is 99.3 cm³/mol. The number of benzene rings is 2. The summed E-state index contributed by atoms with van der Waals surface area (Å²) in [4.78, 5) is 33.5. The Hall–Kier alpha value is -3.68. The fraction of sp³-hybridized carbons (Fsp3) is 0.158. The maximum Gasteiger partial charge on any atom is 0.331 e. The summed E-state index contributed by atoms with van der Waals surface area (Å²) in [6, 6.07) is 12.5. The Morgan fingerprint density at radius 2 is 1.78 bits per heavy atom. The van der Waals surface area contributed by atoms with E-state index in [0.717, 1.165) is 6.08 Å². The number of anilines is 1. The van der Waals surface area contributed by atoms with Crippen molar-refractivity contribution in [1.29, 1.82) is 0 Å². The molecule has 8 heteroatoms. The van der Waals surface area contributed by atoms with Crippen LogP contribution in [0.4, 0.5) is 11.4 Å². The third-order valence-electron chi connectivity index (χ3n) is 3.31. The van der Waals surface area contributed by atoms with Gasteiger partial charge in [0.05, 0.1) is 11.5 Å². The molecule has 1 amide bonds. The smallest absolute Gasteiger partial charge is 0.331 e. The molecule has 27 heavy (non-hydrogen) atoms. The number of nitrogens with zero attached hydrogens (tertiary/aromatic N) is 1. The van der Waals surface area contributed by atoms with Gasteiger partial charge in [-0.15, -0.1) is 0 Å². The Morgan fingerprint density at radius 3 is 2.37 bits per heavy atom. The minimum absolute atomic E-state index is 0.0410. The van der Waals surface area contributed by atoms with Gasteiger partial charge in [0.25, 0.3) is 11.6 Å². The van der Waals surface area contributed by atoms with Gasteiger partial charge in [0, 0.05) is 23.9 Å². The van der Waals surface area contributed by atoms with Gasteiger partial charge in [-0.3, -0.25) is 14.9 Å². The summed E-state index contributed by atoms with van der Waals surface area (Å²) in [6.45, 7) is 1.99. The molecular weight excluding hydrogens is 352 g/mol. The molecule has 2 aromatic carbocycles. The molecule has 0 unspecified atom stereocenters. The maximum absolute atomic E-state index is 11.8. The van der Waals surface area contributed by atoms with Crippen molar-refractivity contribution in [3.05, 3.63) is 70.3 Å². The number of ether oxygens (including phenoxy) is 2. The average molecular weight is 370 g/mol. The zero-order valence-corrected chi connectivity index (χ0v) is 14.6. The second-order valence-electron chi connectivity index (χ2n) is 5.30. The normalized spacial score (nSPS) is 10.4. The van der Waals surface area contributed by atoms with E-state index >= 15 is 0 Å². The number of hydrogen-bond donors (Lipinski definition) is 1. The van der Waals surface area contributed by atoms with Gasteiger partial charge in [0.1, 0.15) is 5.75 Å². The molecular formula is C19H18N2O6. The van der Waals surface area contributed by atoms with Crippen LogP contribution in [0.2, 0.25) is 0 Å². The molecule has 0 radical (unpaired) electrons. The van der Waals surface area contributed by atoms with E-state index in [-0.39, 0.29) is 5.69 Å². The van der Waals surface area contributed by atoms with Crippen molar-refractivity contribution in [3.8, 4) is 5.75 Å². The quantitative estimate of drug-likeness (QED) is 0.331. The number of nitro groups is 1. The van der Waals surface area contributed by atoms with Crippen molar-refractivity contribution in [2.45, 2.75) is 6.92 Å². The fourth-order valence-electron chi connectivity index (χ4n) is 2.05. The highest BCUT2D eigenvalue weighted by atomic mass is 16.6. The van der Waals surface area contributed by atoms with Crippen molar-refractivity contribution in [2.24, 2.45) is 0 Å². The second kappa shape index (κ2) is 9.71. The van der Waals surface area contributed by atoms with Crippen molar-refractivity contribution in [2.75, 3.05) is 18.5 Å². The van der Waals surface area contributed by atoms with Crippen LogP contribution in [0.25, 0.3) is 6.08 Å². The number of non-ortho nitro benzene ring substituents is 1. The Morgan fingerprint density at radius 1 is 1.11 bits per heavy atom. The third-order valence-corrected chi connectivity index (χ3v) is 3.31. The van der Waals surface area contributed by atoms with Crippen LogP contribution in [-0.2, 0) is 14.3 Å². The summed E-state index contributed by atoms with van der Waals surface area (Å²) in [5.41, 5.74) is 1.11. The molecule has 1 N–H and O–H groups in total. The van der Waals surface area contributed by atoms with E-state index in [1.54, 1.807) is 24.3 Å². The van der Waals surface area contributed by atoms with Gasteiger partial charge < -0.3 is 14.8 Å². The zero-order chi connectivity index (χ0) is 19.6. The number of hydrogen-bond acceptors (Lipinski definition) is 6. The summed E-state index contributed by atoms with van der Waals surface area (Å²) in [5, 5.41) is 13.2. The first kappa shape index (κ1) is 19.6. The van der Waals surface area contributed by atoms with Gasteiger partial charge in [0.15, 0.2) is 6.61 Å². The van der Waals surface area contributed by atoms with Crippen LogP contribution in [0.3, 0.4) is 0 Å². The molecule has 0 aromatic heterocycles. The molecule has 0 aliphatic carbocycles. The van der Waals surface area contributed by atoms with Gasteiger partial charge in [-0.1, -0.05) is 0 Å². The Balaban J connectivity index is 1.78. The lowest BCUT2D eigenvalue weighted by atomic mass is 10.2. The number of rotatable bonds is 8. The van der Waals surface area contributed by atoms with Crippen LogP contribution >= 0.6 is 0 Å². The van der Waals surface area contributed by atoms with E-state index in [2.05, 4.69) is 5.32 Å². The van der Waals surface area contributed by atoms with Crippen molar-refractivity contribution >= 4 is 29.3 Å². The molecule has 0 spiro atoms. The highest BCUT2D eigenvalue weighted by molar-refractivity contribution is 5.94. The summed E-state index contributed by atoms with van der Waals surface area (Å²) in [6.07, 6.45) is 2.59. The van der Waals surface area contributed by atoms with Gasteiger partial charge in [0.2, 0.25) is 0 Å². The monoisotopic (exact) mass is 370 g/mol. The Labute approximate surface area is 155 Å². The van der Waals surface area contributed by atoms with Crippen LogP contribution in [0.5, 0.6) is 5.75 Å². The van der Waals surface area contributed by atoms with Gasteiger partial charge >= 0.3 is 5.97 Å². The van der Waals surface area contributed by atoms with E-state index in [9.17, 15) is 19.7 Å². The topological polar surface area (TPSA) is 108 Å². The van der Waals surface area contributed by atoms with Crippen molar-refractivity contribution in [1.82, 2.24) is 0 Å². The summed E-state index contributed by atoms with van der Waals surface area (Å²) >= 11 is 0. The molecule has 8 nitrogen and oxygen atoms in total. The molecule has 2 aromatic rings. The highest BCUT2D eigenvalue weighted by Crippen LogP contribution is 2.15. The molecule has 0 saturated carbocycles. The summed E-state index contributed by atoms with van der Waals surface area (Å²) in [7, 11) is 0. The first-order valence-corrected chi connectivity index (χ1v) is 8.10. The zero-order valence-electron chi connectivity index (χ0n) is 14.6. The van der Waals surface area contributed by atoms with E-state index in [1.165, 1.54) is 30.3 Å². The van der Waals surface area contributed by atoms with E-state index in [4.69, 9.17) is 9.47 Å². The number of esters is 1. The lowest BCUT2D eigenvalue weighted by Gasteiger charge is -2.07. The summed E-state index contributed by atoms with van der Waals surface area (Å²) in [5.74, 6) is -0.482. The minimum atomic E-state index is -0.699. The minimum Gasteiger partial charge on any atom is -0.494 e. The van der Waals surface area contributed by atoms with Crippen molar-refractivity contribution < 1.29 is 24.0 Å². The average Bonchev–Trinajstić information content (AvgIpc) is 2.67. The highest BCUT2D eigenvalue weighted by Gasteiger charge is 2.06. The van der Waals surface area contributed by atoms with Crippen LogP contribution < -0.4 is 10.1 Å². The van der Waals surface area contributed by atoms with Crippen LogP contribution in [0.1, 0.15) is 12.5 Å². The van der Waals surface area contributed by atoms with E-state index in [0.29, 0.717) is 23.6 Å². The van der Waals surface area contributed by atoms with Gasteiger partial charge in [-0.25, -0.2) is 4.79 Å². The largest absolute Gasteiger partial charge is 0.494 e. The van der Waals surface area contributed by atoms with E-state index in [1.807, 2.05) is 6.92 Å². The molecule has 0 aliphatic rings. The molecule has 140 valence electrons. The fourth-order valence-corrected chi connectivity index (χ4v) is 2.05. The van der Waals surface area contributed by atoms with Crippen LogP contribution in [-0.4, -0.2) is 30.0 Å². The SMILES string of the molecule is CCOc1ccc(NC(=O)COC(=O)/C=C/c2ccc([N+](=O)[O-])cc2)cc1. The number of carbonyl (C=O) groups excluding carboxylic acids is 2. The number of carbonyl (C=O) groups is 2. The van der Waals surface area contributed by atoms with Crippen molar-refractivity contribution in [3.63, 3.8) is 0 Å². The molecule has 0 heterocycles. The molecule has 0 atom stereocenters. The maximum atomic E-state index is 11.8. The standard InChI is InChI=1S/C19H18N2O6/c1-2-26-17-10-6-15(7-11-17)20-18(22)13-27-19(23)12-5-14-3-8-16(9-4-14)21(24)25/h3-12H,2,13H2,1H3,(H,20,22)/b12-5+. The molecule has 0 saturated heterocycles. The van der Waals surface area contributed by atoms with E-state index < -0.39 is 23.4 Å². The molecule has 0 aliphatic heterocycles. The first-order chi connectivity index (χ1) is 13.0. The number of nitro benzene ring substituents is 1. The lowest BCUT2D eigenvalue weighted by Crippen LogP contribution is -2.20.